The summed E-state index contributed by atoms with van der Waals surface area (Å²) in [4.78, 5) is 0. The summed E-state index contributed by atoms with van der Waals surface area (Å²) in [5.74, 6) is 0.861. The fraction of sp³-hybridized carbons (Fsp3) is 0.571. The van der Waals surface area contributed by atoms with E-state index in [-0.39, 0.29) is 6.10 Å². The van der Waals surface area contributed by atoms with Crippen molar-refractivity contribution < 1.29 is 14.6 Å². The Hall–Kier alpha value is -1.06. The molecule has 1 aliphatic carbocycles. The molecule has 1 N–H and O–H groups in total. The van der Waals surface area contributed by atoms with Crippen molar-refractivity contribution in [3.05, 3.63) is 29.3 Å². The molecule has 0 amide bonds. The predicted molar refractivity (Wildman–Crippen MR) is 64.3 cm³/mol. The Morgan fingerprint density at radius 3 is 2.71 bits per heavy atom. The highest BCUT2D eigenvalue weighted by molar-refractivity contribution is 5.37. The van der Waals surface area contributed by atoms with Crippen molar-refractivity contribution in [1.29, 1.82) is 0 Å². The van der Waals surface area contributed by atoms with E-state index in [1.54, 1.807) is 0 Å². The van der Waals surface area contributed by atoms with E-state index >= 15 is 0 Å². The van der Waals surface area contributed by atoms with Crippen LogP contribution in [-0.4, -0.2) is 30.5 Å². The lowest BCUT2D eigenvalue weighted by molar-refractivity contribution is 0.0733. The van der Waals surface area contributed by atoms with Gasteiger partial charge in [0.1, 0.15) is 18.0 Å². The molecule has 1 aromatic carbocycles. The first-order valence-corrected chi connectivity index (χ1v) is 6.37. The monoisotopic (exact) mass is 234 g/mol. The van der Waals surface area contributed by atoms with E-state index < -0.39 is 6.10 Å². The highest BCUT2D eigenvalue weighted by atomic mass is 16.6. The number of fused-ring (bicyclic) bond motifs is 1. The van der Waals surface area contributed by atoms with E-state index in [1.807, 2.05) is 6.07 Å². The molecule has 0 radical (unpaired) electrons. The maximum absolute atomic E-state index is 9.64. The molecule has 1 saturated heterocycles. The molecule has 2 aliphatic rings. The smallest absolute Gasteiger partial charge is 0.150 e. The molecule has 1 heterocycles. The molecule has 0 spiro atoms. The normalized spacial score (nSPS) is 27.8. The van der Waals surface area contributed by atoms with Crippen molar-refractivity contribution in [2.24, 2.45) is 0 Å². The lowest BCUT2D eigenvalue weighted by Gasteiger charge is -2.19. The summed E-state index contributed by atoms with van der Waals surface area (Å²) < 4.78 is 11.0. The summed E-state index contributed by atoms with van der Waals surface area (Å²) in [6, 6.07) is 6.29. The Morgan fingerprint density at radius 1 is 1.12 bits per heavy atom. The Kier molecular flexibility index (Phi) is 3.04. The minimum Gasteiger partial charge on any atom is -0.485 e. The minimum absolute atomic E-state index is 0.211. The molecule has 2 atom stereocenters. The van der Waals surface area contributed by atoms with Crippen LogP contribution in [-0.2, 0) is 17.6 Å². The zero-order valence-electron chi connectivity index (χ0n) is 9.89. The number of ether oxygens (including phenoxy) is 2. The third kappa shape index (κ3) is 2.31. The fourth-order valence-electron chi connectivity index (χ4n) is 2.59. The van der Waals surface area contributed by atoms with E-state index in [0.717, 1.165) is 12.2 Å². The van der Waals surface area contributed by atoms with Crippen LogP contribution in [0.3, 0.4) is 0 Å². The standard InChI is InChI=1S/C14H18O3/c15-13-8-16-9-14(13)17-12-6-5-10-3-1-2-4-11(10)7-12/h5-7,13-15H,1-4,8-9H2/t13-,14-/m0/s1. The molecule has 0 unspecified atom stereocenters. The average Bonchev–Trinajstić information content (AvgIpc) is 2.75. The summed E-state index contributed by atoms with van der Waals surface area (Å²) >= 11 is 0. The Morgan fingerprint density at radius 2 is 1.94 bits per heavy atom. The number of hydrogen-bond donors (Lipinski definition) is 1. The van der Waals surface area contributed by atoms with Gasteiger partial charge in [0.25, 0.3) is 0 Å². The number of hydrogen-bond acceptors (Lipinski definition) is 3. The first kappa shape index (κ1) is 11.1. The fourth-order valence-corrected chi connectivity index (χ4v) is 2.59. The van der Waals surface area contributed by atoms with Crippen molar-refractivity contribution >= 4 is 0 Å². The molecule has 3 rings (SSSR count). The van der Waals surface area contributed by atoms with Gasteiger partial charge in [0.05, 0.1) is 13.2 Å². The van der Waals surface area contributed by atoms with Crippen LogP contribution < -0.4 is 4.74 Å². The summed E-state index contributed by atoms with van der Waals surface area (Å²) in [5, 5.41) is 9.64. The molecule has 3 nitrogen and oxygen atoms in total. The SMILES string of the molecule is O[C@H]1COC[C@@H]1Oc1ccc2c(c1)CCCC2. The van der Waals surface area contributed by atoms with Crippen LogP contribution in [0.1, 0.15) is 24.0 Å². The third-order valence-electron chi connectivity index (χ3n) is 3.61. The van der Waals surface area contributed by atoms with Gasteiger partial charge in [-0.25, -0.2) is 0 Å². The van der Waals surface area contributed by atoms with E-state index in [9.17, 15) is 5.11 Å². The van der Waals surface area contributed by atoms with Gasteiger partial charge in [0, 0.05) is 0 Å². The molecule has 1 aliphatic heterocycles. The number of rotatable bonds is 2. The van der Waals surface area contributed by atoms with Gasteiger partial charge >= 0.3 is 0 Å². The summed E-state index contributed by atoms with van der Waals surface area (Å²) in [6.07, 6.45) is 4.19. The Labute approximate surface area is 101 Å². The van der Waals surface area contributed by atoms with Crippen LogP contribution in [0.2, 0.25) is 0 Å². The molecule has 0 saturated carbocycles. The molecular formula is C14H18O3. The van der Waals surface area contributed by atoms with Crippen LogP contribution >= 0.6 is 0 Å². The van der Waals surface area contributed by atoms with Gasteiger partial charge in [0.15, 0.2) is 0 Å². The van der Waals surface area contributed by atoms with E-state index in [1.165, 1.54) is 30.4 Å². The second kappa shape index (κ2) is 4.67. The van der Waals surface area contributed by atoms with Crippen molar-refractivity contribution in [2.45, 2.75) is 37.9 Å². The summed E-state index contributed by atoms with van der Waals surface area (Å²) in [5.41, 5.74) is 2.86. The van der Waals surface area contributed by atoms with Gasteiger partial charge in [-0.2, -0.15) is 0 Å². The zero-order chi connectivity index (χ0) is 11.7. The quantitative estimate of drug-likeness (QED) is 0.846. The van der Waals surface area contributed by atoms with Gasteiger partial charge in [-0.15, -0.1) is 0 Å². The maximum atomic E-state index is 9.64. The number of aliphatic hydroxyl groups excluding tert-OH is 1. The third-order valence-corrected chi connectivity index (χ3v) is 3.61. The van der Waals surface area contributed by atoms with Crippen molar-refractivity contribution in [3.8, 4) is 5.75 Å². The molecule has 1 aromatic rings. The Balaban J connectivity index is 1.75. The zero-order valence-corrected chi connectivity index (χ0v) is 9.89. The summed E-state index contributed by atoms with van der Waals surface area (Å²) in [7, 11) is 0. The highest BCUT2D eigenvalue weighted by Crippen LogP contribution is 2.26. The van der Waals surface area contributed by atoms with E-state index in [0.29, 0.717) is 13.2 Å². The van der Waals surface area contributed by atoms with Crippen molar-refractivity contribution in [3.63, 3.8) is 0 Å². The van der Waals surface area contributed by atoms with Crippen LogP contribution in [0.4, 0.5) is 0 Å². The van der Waals surface area contributed by atoms with Crippen molar-refractivity contribution in [2.75, 3.05) is 13.2 Å². The van der Waals surface area contributed by atoms with Gasteiger partial charge in [-0.1, -0.05) is 6.07 Å². The van der Waals surface area contributed by atoms with Gasteiger partial charge in [-0.05, 0) is 48.9 Å². The van der Waals surface area contributed by atoms with Crippen LogP contribution in [0.15, 0.2) is 18.2 Å². The lowest BCUT2D eigenvalue weighted by Crippen LogP contribution is -2.29. The number of aryl methyl sites for hydroxylation is 2. The first-order valence-electron chi connectivity index (χ1n) is 6.37. The largest absolute Gasteiger partial charge is 0.485 e. The predicted octanol–water partition coefficient (Wildman–Crippen LogP) is 1.70. The molecule has 0 aromatic heterocycles. The number of aliphatic hydroxyl groups is 1. The molecule has 17 heavy (non-hydrogen) atoms. The van der Waals surface area contributed by atoms with Crippen LogP contribution in [0.25, 0.3) is 0 Å². The second-order valence-electron chi connectivity index (χ2n) is 4.90. The molecular weight excluding hydrogens is 216 g/mol. The van der Waals surface area contributed by atoms with Gasteiger partial charge in [0.2, 0.25) is 0 Å². The van der Waals surface area contributed by atoms with Crippen LogP contribution in [0, 0.1) is 0 Å². The molecule has 0 bridgehead atoms. The van der Waals surface area contributed by atoms with Crippen LogP contribution in [0.5, 0.6) is 5.75 Å². The number of benzene rings is 1. The van der Waals surface area contributed by atoms with Crippen molar-refractivity contribution in [1.82, 2.24) is 0 Å². The molecule has 92 valence electrons. The highest BCUT2D eigenvalue weighted by Gasteiger charge is 2.28. The minimum atomic E-state index is -0.494. The Bertz CT molecular complexity index is 402. The topological polar surface area (TPSA) is 38.7 Å². The average molecular weight is 234 g/mol. The van der Waals surface area contributed by atoms with Gasteiger partial charge in [-0.3, -0.25) is 0 Å². The van der Waals surface area contributed by atoms with E-state index in [2.05, 4.69) is 12.1 Å². The lowest BCUT2D eigenvalue weighted by atomic mass is 9.92. The second-order valence-corrected chi connectivity index (χ2v) is 4.90. The summed E-state index contributed by atoms with van der Waals surface area (Å²) in [6.45, 7) is 0.869. The van der Waals surface area contributed by atoms with E-state index in [4.69, 9.17) is 9.47 Å². The molecule has 1 fully saturated rings. The molecule has 3 heteroatoms. The van der Waals surface area contributed by atoms with Gasteiger partial charge < -0.3 is 14.6 Å². The first-order chi connectivity index (χ1) is 8.33. The maximum Gasteiger partial charge on any atom is 0.150 e.